The first-order valence-corrected chi connectivity index (χ1v) is 5.79. The number of aryl methyl sites for hydroxylation is 1. The molecule has 1 rings (SSSR count). The molecule has 1 aromatic rings. The second-order valence-electron chi connectivity index (χ2n) is 3.57. The van der Waals surface area contributed by atoms with Crippen LogP contribution in [0, 0.1) is 0 Å². The van der Waals surface area contributed by atoms with Crippen LogP contribution in [0.1, 0.15) is 18.9 Å². The van der Waals surface area contributed by atoms with Gasteiger partial charge in [0.15, 0.2) is 6.61 Å². The minimum absolute atomic E-state index is 0.0790. The van der Waals surface area contributed by atoms with Gasteiger partial charge in [0.05, 0.1) is 6.61 Å². The van der Waals surface area contributed by atoms with Crippen LogP contribution in [0.3, 0.4) is 0 Å². The fourth-order valence-electron chi connectivity index (χ4n) is 1.39. The number of benzene rings is 1. The smallest absolute Gasteiger partial charge is 0.344 e. The van der Waals surface area contributed by atoms with Gasteiger partial charge in [0.1, 0.15) is 5.75 Å². The molecule has 0 heterocycles. The minimum atomic E-state index is -0.374. The molecule has 5 heteroatoms. The Bertz CT molecular complexity index is 386. The van der Waals surface area contributed by atoms with Gasteiger partial charge in [-0.2, -0.15) is 0 Å². The lowest BCUT2D eigenvalue weighted by Crippen LogP contribution is -2.14. The SMILES string of the molecule is CCOC(=O)COc1ccc(CCC=NO)cc1. The summed E-state index contributed by atoms with van der Waals surface area (Å²) in [5.74, 6) is 0.253. The van der Waals surface area contributed by atoms with Crippen molar-refractivity contribution in [3.63, 3.8) is 0 Å². The van der Waals surface area contributed by atoms with Crippen LogP contribution >= 0.6 is 0 Å². The van der Waals surface area contributed by atoms with Gasteiger partial charge in [-0.1, -0.05) is 12.1 Å². The lowest BCUT2D eigenvalue weighted by Gasteiger charge is -2.06. The van der Waals surface area contributed by atoms with Gasteiger partial charge in [-0.25, -0.2) is 4.79 Å². The first-order valence-electron chi connectivity index (χ1n) is 5.79. The molecule has 0 amide bonds. The predicted octanol–water partition coefficient (Wildman–Crippen LogP) is 2.02. The average molecular weight is 251 g/mol. The molecule has 98 valence electrons. The van der Waals surface area contributed by atoms with E-state index in [0.717, 1.165) is 12.0 Å². The Morgan fingerprint density at radius 2 is 2.11 bits per heavy atom. The zero-order valence-corrected chi connectivity index (χ0v) is 10.3. The van der Waals surface area contributed by atoms with E-state index >= 15 is 0 Å². The van der Waals surface area contributed by atoms with E-state index in [1.165, 1.54) is 6.21 Å². The molecule has 0 unspecified atom stereocenters. The van der Waals surface area contributed by atoms with Crippen molar-refractivity contribution in [2.45, 2.75) is 19.8 Å². The fourth-order valence-corrected chi connectivity index (χ4v) is 1.39. The predicted molar refractivity (Wildman–Crippen MR) is 67.2 cm³/mol. The Morgan fingerprint density at radius 1 is 1.39 bits per heavy atom. The highest BCUT2D eigenvalue weighted by atomic mass is 16.6. The van der Waals surface area contributed by atoms with Crippen LogP contribution in [-0.2, 0) is 16.0 Å². The van der Waals surface area contributed by atoms with E-state index in [1.807, 2.05) is 12.1 Å². The van der Waals surface area contributed by atoms with Crippen molar-refractivity contribution >= 4 is 12.2 Å². The molecule has 18 heavy (non-hydrogen) atoms. The summed E-state index contributed by atoms with van der Waals surface area (Å²) in [6, 6.07) is 7.41. The molecule has 0 atom stereocenters. The number of hydrogen-bond acceptors (Lipinski definition) is 5. The van der Waals surface area contributed by atoms with Gasteiger partial charge in [-0.15, -0.1) is 5.16 Å². The van der Waals surface area contributed by atoms with Crippen LogP contribution in [0.4, 0.5) is 0 Å². The molecule has 0 fully saturated rings. The minimum Gasteiger partial charge on any atom is -0.482 e. The second kappa shape index (κ2) is 8.11. The Morgan fingerprint density at radius 3 is 2.72 bits per heavy atom. The molecule has 1 N–H and O–H groups in total. The summed E-state index contributed by atoms with van der Waals surface area (Å²) in [4.78, 5) is 11.1. The molecule has 0 aliphatic rings. The van der Waals surface area contributed by atoms with Crippen LogP contribution in [-0.4, -0.2) is 30.6 Å². The van der Waals surface area contributed by atoms with E-state index in [2.05, 4.69) is 5.16 Å². The second-order valence-corrected chi connectivity index (χ2v) is 3.57. The average Bonchev–Trinajstić information content (AvgIpc) is 2.38. The topological polar surface area (TPSA) is 68.1 Å². The normalized spacial score (nSPS) is 10.5. The Hall–Kier alpha value is -2.04. The van der Waals surface area contributed by atoms with Crippen molar-refractivity contribution in [3.8, 4) is 5.75 Å². The zero-order valence-electron chi connectivity index (χ0n) is 10.3. The highest BCUT2D eigenvalue weighted by Gasteiger charge is 2.02. The molecular formula is C13H17NO4. The molecule has 0 bridgehead atoms. The molecule has 5 nitrogen and oxygen atoms in total. The van der Waals surface area contributed by atoms with Crippen LogP contribution < -0.4 is 4.74 Å². The third-order valence-electron chi connectivity index (χ3n) is 2.23. The maximum Gasteiger partial charge on any atom is 0.344 e. The summed E-state index contributed by atoms with van der Waals surface area (Å²) in [6.45, 7) is 2.03. The van der Waals surface area contributed by atoms with Crippen molar-refractivity contribution in [1.82, 2.24) is 0 Å². The van der Waals surface area contributed by atoms with E-state index in [1.54, 1.807) is 19.1 Å². The summed E-state index contributed by atoms with van der Waals surface area (Å²) < 4.78 is 10.0. The Balaban J connectivity index is 2.37. The number of esters is 1. The molecule has 0 aliphatic carbocycles. The van der Waals surface area contributed by atoms with E-state index in [4.69, 9.17) is 14.7 Å². The number of ether oxygens (including phenoxy) is 2. The fraction of sp³-hybridized carbons (Fsp3) is 0.385. The lowest BCUT2D eigenvalue weighted by atomic mass is 10.1. The largest absolute Gasteiger partial charge is 0.482 e. The first-order chi connectivity index (χ1) is 8.76. The van der Waals surface area contributed by atoms with Gasteiger partial charge in [-0.05, 0) is 37.5 Å². The van der Waals surface area contributed by atoms with Crippen LogP contribution in [0.25, 0.3) is 0 Å². The van der Waals surface area contributed by atoms with Gasteiger partial charge >= 0.3 is 5.97 Å². The highest BCUT2D eigenvalue weighted by molar-refractivity contribution is 5.71. The molecule has 0 saturated heterocycles. The molecule has 0 radical (unpaired) electrons. The summed E-state index contributed by atoms with van der Waals surface area (Å²) in [7, 11) is 0. The standard InChI is InChI=1S/C13H17NO4/c1-2-17-13(15)10-18-12-7-5-11(6-8-12)4-3-9-14-16/h5-9,16H,2-4,10H2,1H3. The Kier molecular flexibility index (Phi) is 6.32. The van der Waals surface area contributed by atoms with E-state index < -0.39 is 0 Å². The zero-order chi connectivity index (χ0) is 13.2. The first kappa shape index (κ1) is 14.0. The van der Waals surface area contributed by atoms with E-state index in [0.29, 0.717) is 18.8 Å². The van der Waals surface area contributed by atoms with E-state index in [9.17, 15) is 4.79 Å². The number of carbonyl (C=O) groups is 1. The van der Waals surface area contributed by atoms with Gasteiger partial charge in [0.2, 0.25) is 0 Å². The maximum atomic E-state index is 11.1. The van der Waals surface area contributed by atoms with Crippen molar-refractivity contribution < 1.29 is 19.5 Å². The van der Waals surface area contributed by atoms with Gasteiger partial charge in [-0.3, -0.25) is 0 Å². The van der Waals surface area contributed by atoms with Crippen LogP contribution in [0.2, 0.25) is 0 Å². The molecule has 0 saturated carbocycles. The molecule has 0 spiro atoms. The number of rotatable bonds is 7. The Labute approximate surface area is 106 Å². The summed E-state index contributed by atoms with van der Waals surface area (Å²) in [5, 5.41) is 11.2. The summed E-state index contributed by atoms with van der Waals surface area (Å²) in [6.07, 6.45) is 2.92. The van der Waals surface area contributed by atoms with Crippen LogP contribution in [0.15, 0.2) is 29.4 Å². The number of carbonyl (C=O) groups excluding carboxylic acids is 1. The van der Waals surface area contributed by atoms with Gasteiger partial charge in [0, 0.05) is 6.21 Å². The molecule has 0 aliphatic heterocycles. The van der Waals surface area contributed by atoms with Crippen molar-refractivity contribution in [2.75, 3.05) is 13.2 Å². The summed E-state index contributed by atoms with van der Waals surface area (Å²) in [5.41, 5.74) is 1.11. The highest BCUT2D eigenvalue weighted by Crippen LogP contribution is 2.13. The van der Waals surface area contributed by atoms with Gasteiger partial charge in [0.25, 0.3) is 0 Å². The quantitative estimate of drug-likeness (QED) is 0.348. The number of oxime groups is 1. The van der Waals surface area contributed by atoms with Gasteiger partial charge < -0.3 is 14.7 Å². The van der Waals surface area contributed by atoms with Crippen molar-refractivity contribution in [2.24, 2.45) is 5.16 Å². The molecule has 1 aromatic carbocycles. The third kappa shape index (κ3) is 5.34. The van der Waals surface area contributed by atoms with Crippen molar-refractivity contribution in [1.29, 1.82) is 0 Å². The molecule has 0 aromatic heterocycles. The maximum absolute atomic E-state index is 11.1. The van der Waals surface area contributed by atoms with E-state index in [-0.39, 0.29) is 12.6 Å². The van der Waals surface area contributed by atoms with Crippen molar-refractivity contribution in [3.05, 3.63) is 29.8 Å². The summed E-state index contributed by atoms with van der Waals surface area (Å²) >= 11 is 0. The van der Waals surface area contributed by atoms with Crippen LogP contribution in [0.5, 0.6) is 5.75 Å². The third-order valence-corrected chi connectivity index (χ3v) is 2.23. The lowest BCUT2D eigenvalue weighted by molar-refractivity contribution is -0.145. The number of nitrogens with zero attached hydrogens (tertiary/aromatic N) is 1. The molecular weight excluding hydrogens is 234 g/mol. The number of hydrogen-bond donors (Lipinski definition) is 1. The monoisotopic (exact) mass is 251 g/mol.